The summed E-state index contributed by atoms with van der Waals surface area (Å²) >= 11 is 12.0. The lowest BCUT2D eigenvalue weighted by Crippen LogP contribution is -3.17. The van der Waals surface area contributed by atoms with Gasteiger partial charge in [0.25, 0.3) is 5.91 Å². The van der Waals surface area contributed by atoms with E-state index in [1.807, 2.05) is 13.8 Å². The van der Waals surface area contributed by atoms with E-state index in [4.69, 9.17) is 27.9 Å². The van der Waals surface area contributed by atoms with Gasteiger partial charge in [-0.05, 0) is 32.0 Å². The van der Waals surface area contributed by atoms with Gasteiger partial charge in [-0.15, -0.1) is 0 Å². The molecule has 7 heteroatoms. The summed E-state index contributed by atoms with van der Waals surface area (Å²) in [5.41, 5.74) is 0.554. The van der Waals surface area contributed by atoms with Crippen molar-refractivity contribution in [3.05, 3.63) is 28.2 Å². The molecule has 0 bridgehead atoms. The van der Waals surface area contributed by atoms with Crippen LogP contribution in [-0.2, 0) is 14.3 Å². The molecule has 1 aliphatic rings. The lowest BCUT2D eigenvalue weighted by Gasteiger charge is -2.31. The molecule has 0 unspecified atom stereocenters. The molecular formula is C17H23Cl2N2O3+. The Morgan fingerprint density at radius 1 is 1.33 bits per heavy atom. The highest BCUT2D eigenvalue weighted by atomic mass is 35.5. The van der Waals surface area contributed by atoms with E-state index < -0.39 is 0 Å². The van der Waals surface area contributed by atoms with Crippen molar-refractivity contribution in [1.82, 2.24) is 0 Å². The Bertz CT molecular complexity index is 601. The van der Waals surface area contributed by atoms with Crippen LogP contribution in [0.1, 0.15) is 26.7 Å². The third-order valence-electron chi connectivity index (χ3n) is 4.44. The van der Waals surface area contributed by atoms with Gasteiger partial charge < -0.3 is 15.0 Å². The van der Waals surface area contributed by atoms with E-state index in [2.05, 4.69) is 5.32 Å². The molecule has 0 aromatic heterocycles. The molecule has 5 nitrogen and oxygen atoms in total. The van der Waals surface area contributed by atoms with Gasteiger partial charge in [0, 0.05) is 17.9 Å². The number of anilines is 1. The van der Waals surface area contributed by atoms with Crippen LogP contribution in [0.25, 0.3) is 0 Å². The Labute approximate surface area is 152 Å². The van der Waals surface area contributed by atoms with Crippen LogP contribution in [0.5, 0.6) is 0 Å². The van der Waals surface area contributed by atoms with Crippen molar-refractivity contribution in [2.75, 3.05) is 25.0 Å². The van der Waals surface area contributed by atoms with E-state index in [0.29, 0.717) is 22.3 Å². The SMILES string of the molecule is CCOC(=O)C1CC[NH+]([C@H](C)C(=O)Nc2ccc(Cl)cc2Cl)CC1. The lowest BCUT2D eigenvalue weighted by atomic mass is 9.96. The van der Waals surface area contributed by atoms with Gasteiger partial charge in [-0.25, -0.2) is 0 Å². The van der Waals surface area contributed by atoms with Crippen molar-refractivity contribution in [2.45, 2.75) is 32.7 Å². The first-order valence-corrected chi connectivity index (χ1v) is 8.95. The number of rotatable bonds is 5. The summed E-state index contributed by atoms with van der Waals surface area (Å²) in [7, 11) is 0. The molecule has 132 valence electrons. The van der Waals surface area contributed by atoms with Crippen LogP contribution in [0, 0.1) is 5.92 Å². The Morgan fingerprint density at radius 2 is 2.00 bits per heavy atom. The highest BCUT2D eigenvalue weighted by Gasteiger charge is 2.33. The number of quaternary nitrogens is 1. The van der Waals surface area contributed by atoms with Gasteiger partial charge >= 0.3 is 5.97 Å². The molecule has 24 heavy (non-hydrogen) atoms. The molecule has 1 heterocycles. The van der Waals surface area contributed by atoms with Crippen molar-refractivity contribution in [3.63, 3.8) is 0 Å². The number of piperidine rings is 1. The fourth-order valence-electron chi connectivity index (χ4n) is 2.93. The summed E-state index contributed by atoms with van der Waals surface area (Å²) in [6, 6.07) is 4.75. The first-order chi connectivity index (χ1) is 11.4. The molecular weight excluding hydrogens is 351 g/mol. The number of carbonyl (C=O) groups is 2. The molecule has 1 amide bonds. The molecule has 2 N–H and O–H groups in total. The summed E-state index contributed by atoms with van der Waals surface area (Å²) in [6.07, 6.45) is 1.49. The number of hydrogen-bond acceptors (Lipinski definition) is 3. The minimum Gasteiger partial charge on any atom is -0.466 e. The fourth-order valence-corrected chi connectivity index (χ4v) is 3.39. The van der Waals surface area contributed by atoms with Gasteiger partial charge in [0.05, 0.1) is 36.3 Å². The normalized spacial score (nSPS) is 21.8. The number of carbonyl (C=O) groups excluding carboxylic acids is 2. The third kappa shape index (κ3) is 4.85. The maximum atomic E-state index is 12.5. The predicted octanol–water partition coefficient (Wildman–Crippen LogP) is 2.18. The van der Waals surface area contributed by atoms with Crippen LogP contribution in [-0.4, -0.2) is 37.6 Å². The molecule has 1 aliphatic heterocycles. The standard InChI is InChI=1S/C17H22Cl2N2O3/c1-3-24-17(23)12-6-8-21(9-7-12)11(2)16(22)20-15-5-4-13(18)10-14(15)19/h4-5,10-12H,3,6-9H2,1-2H3,(H,20,22)/p+1/t11-/m1/s1. The smallest absolute Gasteiger partial charge is 0.309 e. The van der Waals surface area contributed by atoms with Crippen LogP contribution in [0.15, 0.2) is 18.2 Å². The van der Waals surface area contributed by atoms with Gasteiger partial charge in [0.1, 0.15) is 0 Å². The summed E-state index contributed by atoms with van der Waals surface area (Å²) < 4.78 is 5.07. The minimum atomic E-state index is -0.222. The number of amides is 1. The Balaban J connectivity index is 1.89. The maximum absolute atomic E-state index is 12.5. The van der Waals surface area contributed by atoms with Crippen molar-refractivity contribution >= 4 is 40.8 Å². The molecule has 0 radical (unpaired) electrons. The zero-order chi connectivity index (χ0) is 17.7. The number of nitrogens with one attached hydrogen (secondary N) is 2. The average molecular weight is 374 g/mol. The van der Waals surface area contributed by atoms with E-state index in [-0.39, 0.29) is 23.8 Å². The Morgan fingerprint density at radius 3 is 2.58 bits per heavy atom. The number of halogens is 2. The second-order valence-corrected chi connectivity index (χ2v) is 6.86. The summed E-state index contributed by atoms with van der Waals surface area (Å²) in [6.45, 7) is 5.65. The van der Waals surface area contributed by atoms with Crippen molar-refractivity contribution < 1.29 is 19.2 Å². The van der Waals surface area contributed by atoms with Gasteiger partial charge in [-0.3, -0.25) is 9.59 Å². The van der Waals surface area contributed by atoms with Gasteiger partial charge in [0.2, 0.25) is 0 Å². The topological polar surface area (TPSA) is 59.8 Å². The molecule has 1 aromatic rings. The zero-order valence-corrected chi connectivity index (χ0v) is 15.4. The Kier molecular flexibility index (Phi) is 6.90. The van der Waals surface area contributed by atoms with Crippen LogP contribution in [0.2, 0.25) is 10.0 Å². The highest BCUT2D eigenvalue weighted by Crippen LogP contribution is 2.25. The molecule has 1 fully saturated rings. The van der Waals surface area contributed by atoms with Crippen molar-refractivity contribution in [3.8, 4) is 0 Å². The summed E-state index contributed by atoms with van der Waals surface area (Å²) in [5, 5.41) is 3.79. The average Bonchev–Trinajstić information content (AvgIpc) is 2.57. The minimum absolute atomic E-state index is 0.0466. The van der Waals surface area contributed by atoms with Crippen LogP contribution in [0.4, 0.5) is 5.69 Å². The zero-order valence-electron chi connectivity index (χ0n) is 13.9. The fraction of sp³-hybridized carbons (Fsp3) is 0.529. The lowest BCUT2D eigenvalue weighted by molar-refractivity contribution is -0.919. The molecule has 1 saturated heterocycles. The number of ether oxygens (including phenoxy) is 1. The molecule has 2 rings (SSSR count). The van der Waals surface area contributed by atoms with Gasteiger partial charge in [0.15, 0.2) is 6.04 Å². The molecule has 1 aromatic carbocycles. The highest BCUT2D eigenvalue weighted by molar-refractivity contribution is 6.36. The first-order valence-electron chi connectivity index (χ1n) is 8.19. The van der Waals surface area contributed by atoms with E-state index in [0.717, 1.165) is 30.8 Å². The third-order valence-corrected chi connectivity index (χ3v) is 4.99. The largest absolute Gasteiger partial charge is 0.466 e. The maximum Gasteiger partial charge on any atom is 0.309 e. The van der Waals surface area contributed by atoms with Gasteiger partial charge in [-0.2, -0.15) is 0 Å². The number of benzene rings is 1. The van der Waals surface area contributed by atoms with E-state index in [1.165, 1.54) is 0 Å². The molecule has 0 spiro atoms. The van der Waals surface area contributed by atoms with Crippen LogP contribution >= 0.6 is 23.2 Å². The van der Waals surface area contributed by atoms with Gasteiger partial charge in [-0.1, -0.05) is 23.2 Å². The molecule has 1 atom stereocenters. The number of hydrogen-bond donors (Lipinski definition) is 2. The second kappa shape index (κ2) is 8.70. The van der Waals surface area contributed by atoms with Crippen LogP contribution < -0.4 is 10.2 Å². The van der Waals surface area contributed by atoms with Crippen LogP contribution in [0.3, 0.4) is 0 Å². The Hall–Kier alpha value is -1.30. The quantitative estimate of drug-likeness (QED) is 0.777. The van der Waals surface area contributed by atoms with E-state index in [9.17, 15) is 9.59 Å². The van der Waals surface area contributed by atoms with Crippen molar-refractivity contribution in [2.24, 2.45) is 5.92 Å². The molecule has 0 aliphatic carbocycles. The van der Waals surface area contributed by atoms with E-state index in [1.54, 1.807) is 18.2 Å². The molecule has 0 saturated carbocycles. The number of esters is 1. The summed E-state index contributed by atoms with van der Waals surface area (Å²) in [4.78, 5) is 25.4. The van der Waals surface area contributed by atoms with E-state index >= 15 is 0 Å². The summed E-state index contributed by atoms with van der Waals surface area (Å²) in [5.74, 6) is -0.264. The van der Waals surface area contributed by atoms with Crippen molar-refractivity contribution in [1.29, 1.82) is 0 Å². The second-order valence-electron chi connectivity index (χ2n) is 6.02. The predicted molar refractivity (Wildman–Crippen MR) is 94.6 cm³/mol. The monoisotopic (exact) mass is 373 g/mol. The first kappa shape index (κ1) is 19.0. The number of likely N-dealkylation sites (tertiary alicyclic amines) is 1.